The average Bonchev–Trinajstić information content (AvgIpc) is 2.92. The van der Waals surface area contributed by atoms with E-state index < -0.39 is 9.04 Å². The van der Waals surface area contributed by atoms with Crippen molar-refractivity contribution in [2.45, 2.75) is 58.8 Å². The Kier molecular flexibility index (Phi) is 4.89. The van der Waals surface area contributed by atoms with Crippen LogP contribution in [0.25, 0.3) is 0 Å². The molecule has 6 heteroatoms. The Morgan fingerprint density at radius 3 is 2.35 bits per heavy atom. The van der Waals surface area contributed by atoms with Gasteiger partial charge in [-0.15, -0.1) is 0 Å². The molecule has 20 heavy (non-hydrogen) atoms. The predicted molar refractivity (Wildman–Crippen MR) is 76.9 cm³/mol. The molecule has 2 aliphatic heterocycles. The van der Waals surface area contributed by atoms with Gasteiger partial charge in [-0.2, -0.15) is 0 Å². The fourth-order valence-electron chi connectivity index (χ4n) is 2.82. The minimum atomic E-state index is -1.24. The highest BCUT2D eigenvalue weighted by Crippen LogP contribution is 2.38. The highest BCUT2D eigenvalue weighted by atomic mass is 28.3. The van der Waals surface area contributed by atoms with E-state index in [-0.39, 0.29) is 35.8 Å². The molecule has 0 saturated carbocycles. The van der Waals surface area contributed by atoms with Crippen LogP contribution in [0, 0.1) is 11.3 Å². The summed E-state index contributed by atoms with van der Waals surface area (Å²) in [5.74, 6) is -0.246. The minimum absolute atomic E-state index is 0.0676. The van der Waals surface area contributed by atoms with Gasteiger partial charge in [-0.25, -0.2) is 0 Å². The topological polar surface area (TPSA) is 54.0 Å². The molecule has 2 saturated heterocycles. The lowest BCUT2D eigenvalue weighted by atomic mass is 9.81. The average molecular weight is 302 g/mol. The zero-order valence-corrected chi connectivity index (χ0v) is 14.2. The van der Waals surface area contributed by atoms with Gasteiger partial charge in [0.25, 0.3) is 0 Å². The third kappa shape index (κ3) is 3.61. The second kappa shape index (κ2) is 6.13. The molecule has 0 aromatic rings. The summed E-state index contributed by atoms with van der Waals surface area (Å²) in [5, 5.41) is 0. The minimum Gasteiger partial charge on any atom is -0.459 e. The lowest BCUT2D eigenvalue weighted by Crippen LogP contribution is -2.47. The molecule has 0 aromatic carbocycles. The van der Waals surface area contributed by atoms with Crippen molar-refractivity contribution >= 4 is 15.0 Å². The van der Waals surface area contributed by atoms with Crippen LogP contribution in [0.5, 0.6) is 0 Å². The Balaban J connectivity index is 2.17. The van der Waals surface area contributed by atoms with Crippen LogP contribution in [0.4, 0.5) is 0 Å². The fourth-order valence-corrected chi connectivity index (χ4v) is 3.97. The van der Waals surface area contributed by atoms with Gasteiger partial charge in [0.05, 0.1) is 31.7 Å². The third-order valence-corrected chi connectivity index (χ3v) is 4.50. The van der Waals surface area contributed by atoms with Crippen LogP contribution < -0.4 is 0 Å². The lowest BCUT2D eigenvalue weighted by Gasteiger charge is -2.38. The summed E-state index contributed by atoms with van der Waals surface area (Å²) in [6, 6.07) is 0. The van der Waals surface area contributed by atoms with Crippen molar-refractivity contribution in [3.63, 3.8) is 0 Å². The molecule has 3 atom stereocenters. The van der Waals surface area contributed by atoms with Gasteiger partial charge in [0.1, 0.15) is 6.10 Å². The largest absolute Gasteiger partial charge is 0.459 e. The molecule has 116 valence electrons. The first-order valence-corrected chi connectivity index (χ1v) is 10.2. The molecular weight excluding hydrogens is 276 g/mol. The van der Waals surface area contributed by atoms with Gasteiger partial charge >= 0.3 is 5.97 Å². The SMILES string of the molecule is C[SiH](C)OC(C1OC(=O)CC1C1OCCO1)C(C)(C)C. The maximum absolute atomic E-state index is 11.8. The number of carbonyl (C=O) groups is 1. The molecule has 2 aliphatic rings. The van der Waals surface area contributed by atoms with Crippen LogP contribution in [0.3, 0.4) is 0 Å². The first-order chi connectivity index (χ1) is 9.29. The summed E-state index contributed by atoms with van der Waals surface area (Å²) in [6.45, 7) is 11.8. The van der Waals surface area contributed by atoms with E-state index in [2.05, 4.69) is 33.9 Å². The Morgan fingerprint density at radius 2 is 1.85 bits per heavy atom. The number of carbonyl (C=O) groups excluding carboxylic acids is 1. The van der Waals surface area contributed by atoms with E-state index in [0.717, 1.165) is 0 Å². The summed E-state index contributed by atoms with van der Waals surface area (Å²) in [7, 11) is -1.24. The summed E-state index contributed by atoms with van der Waals surface area (Å²) in [5.41, 5.74) is -0.0938. The van der Waals surface area contributed by atoms with Gasteiger partial charge in [-0.05, 0) is 18.5 Å². The standard InChI is InChI=1S/C14H26O5Si/c1-14(2,3)12(19-20(4)5)11-9(8-10(15)18-11)13-16-6-7-17-13/h9,11-13,20H,6-8H2,1-5H3. The maximum atomic E-state index is 11.8. The molecule has 2 heterocycles. The number of rotatable bonds is 4. The number of esters is 1. The lowest BCUT2D eigenvalue weighted by molar-refractivity contribution is -0.154. The van der Waals surface area contributed by atoms with Crippen LogP contribution in [0.2, 0.25) is 13.1 Å². The smallest absolute Gasteiger partial charge is 0.306 e. The van der Waals surface area contributed by atoms with E-state index in [1.807, 2.05) is 0 Å². The van der Waals surface area contributed by atoms with Gasteiger partial charge in [0.2, 0.25) is 0 Å². The van der Waals surface area contributed by atoms with Gasteiger partial charge in [-0.1, -0.05) is 20.8 Å². The number of ether oxygens (including phenoxy) is 3. The van der Waals surface area contributed by atoms with Crippen molar-refractivity contribution in [2.75, 3.05) is 13.2 Å². The monoisotopic (exact) mass is 302 g/mol. The van der Waals surface area contributed by atoms with Crippen LogP contribution in [-0.4, -0.2) is 46.7 Å². The Bertz CT molecular complexity index is 346. The van der Waals surface area contributed by atoms with E-state index in [1.165, 1.54) is 0 Å². The van der Waals surface area contributed by atoms with E-state index >= 15 is 0 Å². The molecule has 0 radical (unpaired) electrons. The number of hydrogen-bond acceptors (Lipinski definition) is 5. The molecule has 0 aliphatic carbocycles. The van der Waals surface area contributed by atoms with Crippen molar-refractivity contribution in [1.82, 2.24) is 0 Å². The molecule has 0 N–H and O–H groups in total. The van der Waals surface area contributed by atoms with Crippen LogP contribution in [-0.2, 0) is 23.4 Å². The fraction of sp³-hybridized carbons (Fsp3) is 0.929. The Morgan fingerprint density at radius 1 is 1.25 bits per heavy atom. The highest BCUT2D eigenvalue weighted by molar-refractivity contribution is 6.48. The van der Waals surface area contributed by atoms with Gasteiger partial charge in [-0.3, -0.25) is 4.79 Å². The van der Waals surface area contributed by atoms with Crippen molar-refractivity contribution in [3.05, 3.63) is 0 Å². The molecule has 0 spiro atoms. The van der Waals surface area contributed by atoms with E-state index in [1.54, 1.807) is 0 Å². The van der Waals surface area contributed by atoms with Crippen molar-refractivity contribution < 1.29 is 23.4 Å². The van der Waals surface area contributed by atoms with Crippen molar-refractivity contribution in [2.24, 2.45) is 11.3 Å². The number of hydrogen-bond donors (Lipinski definition) is 0. The zero-order valence-electron chi connectivity index (χ0n) is 13.0. The molecular formula is C14H26O5Si. The van der Waals surface area contributed by atoms with Gasteiger partial charge in [0, 0.05) is 0 Å². The molecule has 0 aromatic heterocycles. The normalized spacial score (nSPS) is 30.0. The van der Waals surface area contributed by atoms with E-state index in [4.69, 9.17) is 18.6 Å². The van der Waals surface area contributed by atoms with E-state index in [9.17, 15) is 4.79 Å². The highest BCUT2D eigenvalue weighted by Gasteiger charge is 2.50. The van der Waals surface area contributed by atoms with E-state index in [0.29, 0.717) is 19.6 Å². The summed E-state index contributed by atoms with van der Waals surface area (Å²) in [6.07, 6.45) is -0.377. The molecule has 3 unspecified atom stereocenters. The molecule has 0 amide bonds. The van der Waals surface area contributed by atoms with Crippen LogP contribution in [0.1, 0.15) is 27.2 Å². The molecule has 0 bridgehead atoms. The second-order valence-corrected chi connectivity index (χ2v) is 9.27. The number of cyclic esters (lactones) is 1. The van der Waals surface area contributed by atoms with Gasteiger partial charge in [0.15, 0.2) is 15.3 Å². The van der Waals surface area contributed by atoms with Crippen LogP contribution >= 0.6 is 0 Å². The van der Waals surface area contributed by atoms with Crippen molar-refractivity contribution in [1.29, 1.82) is 0 Å². The quantitative estimate of drug-likeness (QED) is 0.584. The molecule has 2 rings (SSSR count). The zero-order chi connectivity index (χ0) is 14.9. The first kappa shape index (κ1) is 15.9. The van der Waals surface area contributed by atoms with Gasteiger partial charge < -0.3 is 18.6 Å². The molecule has 5 nitrogen and oxygen atoms in total. The first-order valence-electron chi connectivity index (χ1n) is 7.37. The van der Waals surface area contributed by atoms with Crippen molar-refractivity contribution in [3.8, 4) is 0 Å². The summed E-state index contributed by atoms with van der Waals surface area (Å²) >= 11 is 0. The maximum Gasteiger partial charge on any atom is 0.306 e. The predicted octanol–water partition coefficient (Wildman–Crippen LogP) is 1.71. The Hall–Kier alpha value is -0.433. The Labute approximate surface area is 122 Å². The second-order valence-electron chi connectivity index (χ2n) is 6.90. The third-order valence-electron chi connectivity index (χ3n) is 3.66. The summed E-state index contributed by atoms with van der Waals surface area (Å²) in [4.78, 5) is 11.8. The summed E-state index contributed by atoms with van der Waals surface area (Å²) < 4.78 is 22.9. The molecule has 2 fully saturated rings. The van der Waals surface area contributed by atoms with Crippen LogP contribution in [0.15, 0.2) is 0 Å².